The average molecular weight is 240 g/mol. The third-order valence-corrected chi connectivity index (χ3v) is 2.89. The van der Waals surface area contributed by atoms with Gasteiger partial charge in [-0.1, -0.05) is 12.1 Å². The molecule has 16 heavy (non-hydrogen) atoms. The highest BCUT2D eigenvalue weighted by Gasteiger charge is 2.09. The number of aromatic nitrogens is 5. The number of rotatable bonds is 5. The van der Waals surface area contributed by atoms with Crippen LogP contribution in [0.2, 0.25) is 0 Å². The van der Waals surface area contributed by atoms with Gasteiger partial charge in [-0.25, -0.2) is 0 Å². The lowest BCUT2D eigenvalue weighted by atomic mass is 10.3. The highest BCUT2D eigenvalue weighted by molar-refractivity contribution is 6.20. The van der Waals surface area contributed by atoms with E-state index in [0.717, 1.165) is 25.2 Å². The molecule has 2 aromatic heterocycles. The Bertz CT molecular complexity index is 422. The lowest BCUT2D eigenvalue weighted by Gasteiger charge is -2.01. The lowest BCUT2D eigenvalue weighted by Crippen LogP contribution is -2.08. The summed E-state index contributed by atoms with van der Waals surface area (Å²) in [5.41, 5.74) is 0.838. The number of alkyl halides is 1. The predicted molar refractivity (Wildman–Crippen MR) is 61.1 cm³/mol. The van der Waals surface area contributed by atoms with E-state index in [1.807, 2.05) is 30.1 Å². The third-order valence-electron chi connectivity index (χ3n) is 2.35. The first kappa shape index (κ1) is 11.1. The number of hydrogen-bond donors (Lipinski definition) is 0. The van der Waals surface area contributed by atoms with Crippen LogP contribution in [0.15, 0.2) is 24.7 Å². The molecule has 6 heteroatoms. The maximum Gasteiger partial charge on any atom is 0.100 e. The van der Waals surface area contributed by atoms with Crippen molar-refractivity contribution in [3.63, 3.8) is 0 Å². The van der Waals surface area contributed by atoms with E-state index < -0.39 is 0 Å². The monoisotopic (exact) mass is 239 g/mol. The molecule has 0 aliphatic rings. The molecule has 0 spiro atoms. The van der Waals surface area contributed by atoms with Gasteiger partial charge >= 0.3 is 0 Å². The van der Waals surface area contributed by atoms with E-state index in [0.29, 0.717) is 0 Å². The number of nitrogens with zero attached hydrogens (tertiary/aromatic N) is 5. The highest BCUT2D eigenvalue weighted by Crippen LogP contribution is 2.20. The van der Waals surface area contributed by atoms with E-state index in [1.54, 1.807) is 10.9 Å². The Morgan fingerprint density at radius 2 is 2.19 bits per heavy atom. The first-order chi connectivity index (χ1) is 7.79. The van der Waals surface area contributed by atoms with Gasteiger partial charge in [0, 0.05) is 12.4 Å². The fourth-order valence-corrected chi connectivity index (χ4v) is 1.51. The molecule has 2 aromatic rings. The van der Waals surface area contributed by atoms with Crippen LogP contribution in [0.3, 0.4) is 0 Å². The van der Waals surface area contributed by atoms with Crippen LogP contribution in [0, 0.1) is 0 Å². The van der Waals surface area contributed by atoms with E-state index in [1.165, 1.54) is 0 Å². The summed E-state index contributed by atoms with van der Waals surface area (Å²) >= 11 is 6.07. The molecule has 2 rings (SSSR count). The summed E-state index contributed by atoms with van der Waals surface area (Å²) in [6.45, 7) is 3.57. The van der Waals surface area contributed by atoms with Crippen molar-refractivity contribution in [3.05, 3.63) is 30.4 Å². The van der Waals surface area contributed by atoms with Gasteiger partial charge in [0.05, 0.1) is 24.7 Å². The van der Waals surface area contributed by atoms with Crippen LogP contribution >= 0.6 is 11.6 Å². The second kappa shape index (κ2) is 5.12. The highest BCUT2D eigenvalue weighted by atomic mass is 35.5. The smallest absolute Gasteiger partial charge is 0.100 e. The second-order valence-electron chi connectivity index (χ2n) is 3.55. The Morgan fingerprint density at radius 1 is 1.38 bits per heavy atom. The molecule has 0 saturated carbocycles. The Balaban J connectivity index is 1.93. The molecule has 0 radical (unpaired) electrons. The summed E-state index contributed by atoms with van der Waals surface area (Å²) in [5, 5.41) is 12.1. The van der Waals surface area contributed by atoms with Gasteiger partial charge in [0.1, 0.15) is 5.69 Å². The third kappa shape index (κ3) is 2.61. The Kier molecular flexibility index (Phi) is 3.56. The lowest BCUT2D eigenvalue weighted by molar-refractivity contribution is 0.490. The summed E-state index contributed by atoms with van der Waals surface area (Å²) in [6, 6.07) is 1.90. The van der Waals surface area contributed by atoms with E-state index in [4.69, 9.17) is 11.6 Å². The van der Waals surface area contributed by atoms with Gasteiger partial charge in [0.25, 0.3) is 0 Å². The minimum absolute atomic E-state index is 0.0431. The minimum Gasteiger partial charge on any atom is -0.271 e. The molecule has 1 atom stereocenters. The molecule has 0 N–H and O–H groups in total. The van der Waals surface area contributed by atoms with Crippen LogP contribution in [0.5, 0.6) is 0 Å². The fraction of sp³-hybridized carbons (Fsp3) is 0.500. The van der Waals surface area contributed by atoms with Crippen LogP contribution in [0.25, 0.3) is 0 Å². The van der Waals surface area contributed by atoms with Gasteiger partial charge in [-0.3, -0.25) is 9.36 Å². The Morgan fingerprint density at radius 3 is 2.88 bits per heavy atom. The van der Waals surface area contributed by atoms with Crippen molar-refractivity contribution in [2.24, 2.45) is 0 Å². The van der Waals surface area contributed by atoms with Crippen LogP contribution in [-0.4, -0.2) is 24.8 Å². The SMILES string of the molecule is CCC(Cl)c1cn(CCn2cccn2)nn1. The van der Waals surface area contributed by atoms with Gasteiger partial charge in [0.2, 0.25) is 0 Å². The van der Waals surface area contributed by atoms with Gasteiger partial charge < -0.3 is 0 Å². The summed E-state index contributed by atoms with van der Waals surface area (Å²) in [4.78, 5) is 0. The minimum atomic E-state index is -0.0431. The van der Waals surface area contributed by atoms with Crippen LogP contribution < -0.4 is 0 Å². The van der Waals surface area contributed by atoms with Crippen molar-refractivity contribution in [3.8, 4) is 0 Å². The van der Waals surface area contributed by atoms with Crippen LogP contribution in [-0.2, 0) is 13.1 Å². The summed E-state index contributed by atoms with van der Waals surface area (Å²) < 4.78 is 3.65. The largest absolute Gasteiger partial charge is 0.271 e. The van der Waals surface area contributed by atoms with Crippen LogP contribution in [0.1, 0.15) is 24.4 Å². The van der Waals surface area contributed by atoms with E-state index in [9.17, 15) is 0 Å². The molecular formula is C10H14ClN5. The predicted octanol–water partition coefficient (Wildman–Crippen LogP) is 1.86. The number of aryl methyl sites for hydroxylation is 2. The first-order valence-electron chi connectivity index (χ1n) is 5.31. The summed E-state index contributed by atoms with van der Waals surface area (Å²) in [5.74, 6) is 0. The number of halogens is 1. The summed E-state index contributed by atoms with van der Waals surface area (Å²) in [7, 11) is 0. The van der Waals surface area contributed by atoms with E-state index in [-0.39, 0.29) is 5.38 Å². The Labute approximate surface area is 99.0 Å². The first-order valence-corrected chi connectivity index (χ1v) is 5.74. The zero-order valence-corrected chi connectivity index (χ0v) is 9.88. The standard InChI is InChI=1S/C10H14ClN5/c1-2-9(11)10-8-16(14-13-10)7-6-15-5-3-4-12-15/h3-5,8-9H,2,6-7H2,1H3. The topological polar surface area (TPSA) is 48.5 Å². The molecule has 1 unspecified atom stereocenters. The zero-order valence-electron chi connectivity index (χ0n) is 9.12. The van der Waals surface area contributed by atoms with Crippen molar-refractivity contribution in [1.82, 2.24) is 24.8 Å². The molecular weight excluding hydrogens is 226 g/mol. The van der Waals surface area contributed by atoms with Crippen molar-refractivity contribution in [1.29, 1.82) is 0 Å². The van der Waals surface area contributed by atoms with Gasteiger partial charge in [0.15, 0.2) is 0 Å². The number of hydrogen-bond acceptors (Lipinski definition) is 3. The molecule has 0 saturated heterocycles. The molecule has 0 bridgehead atoms. The Hall–Kier alpha value is -1.36. The van der Waals surface area contributed by atoms with Gasteiger partial charge in [-0.2, -0.15) is 5.10 Å². The quantitative estimate of drug-likeness (QED) is 0.749. The van der Waals surface area contributed by atoms with Crippen molar-refractivity contribution < 1.29 is 0 Å². The molecule has 2 heterocycles. The molecule has 0 aromatic carbocycles. The molecule has 0 fully saturated rings. The van der Waals surface area contributed by atoms with E-state index in [2.05, 4.69) is 15.4 Å². The fourth-order valence-electron chi connectivity index (χ4n) is 1.41. The normalized spacial score (nSPS) is 12.9. The zero-order chi connectivity index (χ0) is 11.4. The molecule has 0 aliphatic carbocycles. The maximum atomic E-state index is 6.07. The van der Waals surface area contributed by atoms with Gasteiger partial charge in [-0.15, -0.1) is 16.7 Å². The van der Waals surface area contributed by atoms with Crippen molar-refractivity contribution in [2.75, 3.05) is 0 Å². The molecule has 86 valence electrons. The maximum absolute atomic E-state index is 6.07. The summed E-state index contributed by atoms with van der Waals surface area (Å²) in [6.07, 6.45) is 6.44. The second-order valence-corrected chi connectivity index (χ2v) is 4.08. The van der Waals surface area contributed by atoms with Crippen LogP contribution in [0.4, 0.5) is 0 Å². The molecule has 0 aliphatic heterocycles. The van der Waals surface area contributed by atoms with E-state index >= 15 is 0 Å². The van der Waals surface area contributed by atoms with Crippen molar-refractivity contribution >= 4 is 11.6 Å². The molecule has 0 amide bonds. The van der Waals surface area contributed by atoms with Gasteiger partial charge in [-0.05, 0) is 12.5 Å². The van der Waals surface area contributed by atoms with Crippen molar-refractivity contribution in [2.45, 2.75) is 31.8 Å². The molecule has 5 nitrogen and oxygen atoms in total. The average Bonchev–Trinajstić information content (AvgIpc) is 2.96.